The molecule has 0 saturated carbocycles. The number of pyridine rings is 1. The Kier molecular flexibility index (Phi) is 3.89. The van der Waals surface area contributed by atoms with E-state index in [2.05, 4.69) is 9.72 Å². The first-order valence-corrected chi connectivity index (χ1v) is 4.77. The molecule has 0 aliphatic carbocycles. The molecular weight excluding hydrogens is 326 g/mol. The molecule has 1 aromatic heterocycles. The minimum Gasteiger partial charge on any atom is -0.465 e. The van der Waals surface area contributed by atoms with Gasteiger partial charge in [0.15, 0.2) is 0 Å². The lowest BCUT2D eigenvalue weighted by Gasteiger charge is -2.08. The summed E-state index contributed by atoms with van der Waals surface area (Å²) in [7, 11) is 1.05. The molecule has 0 aliphatic rings. The SMILES string of the molecule is COC(=O)c1c(C(F)F)cc(F)nc1I. The van der Waals surface area contributed by atoms with Crippen molar-refractivity contribution in [1.82, 2.24) is 4.98 Å². The number of halogens is 4. The summed E-state index contributed by atoms with van der Waals surface area (Å²) in [6.45, 7) is 0. The van der Waals surface area contributed by atoms with Crippen LogP contribution in [0.4, 0.5) is 13.2 Å². The Morgan fingerprint density at radius 2 is 2.20 bits per heavy atom. The van der Waals surface area contributed by atoms with Crippen LogP contribution in [0.2, 0.25) is 0 Å². The van der Waals surface area contributed by atoms with Gasteiger partial charge in [-0.25, -0.2) is 18.6 Å². The third kappa shape index (κ3) is 2.58. The molecule has 0 amide bonds. The van der Waals surface area contributed by atoms with Crippen LogP contribution in [0.15, 0.2) is 6.07 Å². The molecule has 0 saturated heterocycles. The molecule has 0 aliphatic heterocycles. The topological polar surface area (TPSA) is 39.2 Å². The van der Waals surface area contributed by atoms with Crippen molar-refractivity contribution >= 4 is 28.6 Å². The highest BCUT2D eigenvalue weighted by Crippen LogP contribution is 2.26. The molecule has 3 nitrogen and oxygen atoms in total. The van der Waals surface area contributed by atoms with Gasteiger partial charge in [0.25, 0.3) is 6.43 Å². The Balaban J connectivity index is 3.40. The first-order chi connectivity index (χ1) is 6.97. The number of ether oxygens (including phenoxy) is 1. The molecule has 0 fully saturated rings. The smallest absolute Gasteiger partial charge is 0.341 e. The molecular formula is C8H5F3INO2. The molecule has 0 spiro atoms. The molecule has 0 unspecified atom stereocenters. The van der Waals surface area contributed by atoms with Gasteiger partial charge in [-0.15, -0.1) is 0 Å². The number of carbonyl (C=O) groups is 1. The molecule has 82 valence electrons. The van der Waals surface area contributed by atoms with Gasteiger partial charge in [0.05, 0.1) is 7.11 Å². The monoisotopic (exact) mass is 331 g/mol. The molecule has 0 N–H and O–H groups in total. The van der Waals surface area contributed by atoms with Crippen LogP contribution in [-0.2, 0) is 4.74 Å². The summed E-state index contributed by atoms with van der Waals surface area (Å²) in [4.78, 5) is 14.4. The quantitative estimate of drug-likeness (QED) is 0.475. The highest BCUT2D eigenvalue weighted by atomic mass is 127. The predicted octanol–water partition coefficient (Wildman–Crippen LogP) is 2.55. The van der Waals surface area contributed by atoms with E-state index in [1.807, 2.05) is 0 Å². The van der Waals surface area contributed by atoms with E-state index in [9.17, 15) is 18.0 Å². The van der Waals surface area contributed by atoms with Gasteiger partial charge >= 0.3 is 5.97 Å². The fourth-order valence-corrected chi connectivity index (χ4v) is 1.74. The van der Waals surface area contributed by atoms with Crippen molar-refractivity contribution < 1.29 is 22.7 Å². The van der Waals surface area contributed by atoms with E-state index in [1.54, 1.807) is 0 Å². The van der Waals surface area contributed by atoms with E-state index < -0.39 is 29.5 Å². The van der Waals surface area contributed by atoms with E-state index >= 15 is 0 Å². The van der Waals surface area contributed by atoms with Gasteiger partial charge < -0.3 is 4.74 Å². The summed E-state index contributed by atoms with van der Waals surface area (Å²) in [5, 5.41) is 0. The lowest BCUT2D eigenvalue weighted by Crippen LogP contribution is -2.11. The summed E-state index contributed by atoms with van der Waals surface area (Å²) in [5.74, 6) is -2.01. The van der Waals surface area contributed by atoms with Crippen molar-refractivity contribution in [1.29, 1.82) is 0 Å². The van der Waals surface area contributed by atoms with E-state index in [0.29, 0.717) is 6.07 Å². The van der Waals surface area contributed by atoms with Crippen molar-refractivity contribution in [2.75, 3.05) is 7.11 Å². The molecule has 0 aromatic carbocycles. The first kappa shape index (κ1) is 12.2. The van der Waals surface area contributed by atoms with Gasteiger partial charge in [-0.2, -0.15) is 4.39 Å². The second-order valence-corrected chi connectivity index (χ2v) is 3.51. The normalized spacial score (nSPS) is 10.5. The number of rotatable bonds is 2. The van der Waals surface area contributed by atoms with E-state index in [4.69, 9.17) is 0 Å². The summed E-state index contributed by atoms with van der Waals surface area (Å²) in [6.07, 6.45) is -2.95. The molecule has 1 heterocycles. The number of aromatic nitrogens is 1. The third-order valence-corrected chi connectivity index (χ3v) is 2.38. The van der Waals surface area contributed by atoms with Crippen molar-refractivity contribution in [2.24, 2.45) is 0 Å². The fraction of sp³-hybridized carbons (Fsp3) is 0.250. The zero-order valence-electron chi connectivity index (χ0n) is 7.43. The van der Waals surface area contributed by atoms with Gasteiger partial charge in [-0.1, -0.05) is 0 Å². The van der Waals surface area contributed by atoms with Crippen LogP contribution in [0.3, 0.4) is 0 Å². The molecule has 15 heavy (non-hydrogen) atoms. The lowest BCUT2D eigenvalue weighted by atomic mass is 10.1. The Hall–Kier alpha value is -0.860. The Labute approximate surface area is 96.8 Å². The largest absolute Gasteiger partial charge is 0.465 e. The predicted molar refractivity (Wildman–Crippen MR) is 53.2 cm³/mol. The second-order valence-electron chi connectivity index (χ2n) is 2.49. The molecule has 0 atom stereocenters. The number of alkyl halides is 2. The fourth-order valence-electron chi connectivity index (χ4n) is 0.978. The van der Waals surface area contributed by atoms with Crippen molar-refractivity contribution in [3.05, 3.63) is 26.8 Å². The highest BCUT2D eigenvalue weighted by Gasteiger charge is 2.24. The number of esters is 1. The zero-order valence-corrected chi connectivity index (χ0v) is 9.59. The van der Waals surface area contributed by atoms with Gasteiger partial charge in [0, 0.05) is 11.6 Å². The number of methoxy groups -OCH3 is 1. The van der Waals surface area contributed by atoms with Crippen LogP contribution < -0.4 is 0 Å². The van der Waals surface area contributed by atoms with Gasteiger partial charge in [0.1, 0.15) is 9.26 Å². The first-order valence-electron chi connectivity index (χ1n) is 3.69. The lowest BCUT2D eigenvalue weighted by molar-refractivity contribution is 0.0586. The van der Waals surface area contributed by atoms with Crippen LogP contribution >= 0.6 is 22.6 Å². The van der Waals surface area contributed by atoms with Crippen LogP contribution in [0.1, 0.15) is 22.3 Å². The maximum atomic E-state index is 12.7. The average molecular weight is 331 g/mol. The van der Waals surface area contributed by atoms with Crippen LogP contribution in [0.25, 0.3) is 0 Å². The van der Waals surface area contributed by atoms with E-state index in [-0.39, 0.29) is 3.70 Å². The maximum absolute atomic E-state index is 12.7. The Bertz CT molecular complexity index is 398. The third-order valence-electron chi connectivity index (χ3n) is 1.60. The number of carbonyl (C=O) groups excluding carboxylic acids is 1. The number of hydrogen-bond donors (Lipinski definition) is 0. The average Bonchev–Trinajstić information content (AvgIpc) is 2.15. The Morgan fingerprint density at radius 1 is 1.60 bits per heavy atom. The highest BCUT2D eigenvalue weighted by molar-refractivity contribution is 14.1. The van der Waals surface area contributed by atoms with E-state index in [0.717, 1.165) is 7.11 Å². The summed E-state index contributed by atoms with van der Waals surface area (Å²) in [5.41, 5.74) is -1.10. The van der Waals surface area contributed by atoms with Crippen molar-refractivity contribution in [2.45, 2.75) is 6.43 Å². The standard InChI is InChI=1S/C8H5F3INO2/c1-15-8(14)5-3(6(10)11)2-4(9)13-7(5)12/h2,6H,1H3. The molecule has 1 aromatic rings. The number of hydrogen-bond acceptors (Lipinski definition) is 3. The van der Waals surface area contributed by atoms with Crippen LogP contribution in [0.5, 0.6) is 0 Å². The minimum absolute atomic E-state index is 0.144. The van der Waals surface area contributed by atoms with Gasteiger partial charge in [0.2, 0.25) is 5.95 Å². The van der Waals surface area contributed by atoms with Crippen LogP contribution in [-0.4, -0.2) is 18.1 Å². The summed E-state index contributed by atoms with van der Waals surface area (Å²) < 4.78 is 41.9. The van der Waals surface area contributed by atoms with Crippen molar-refractivity contribution in [3.63, 3.8) is 0 Å². The molecule has 1 rings (SSSR count). The van der Waals surface area contributed by atoms with E-state index in [1.165, 1.54) is 22.6 Å². The summed E-state index contributed by atoms with van der Waals surface area (Å²) >= 11 is 1.50. The molecule has 0 bridgehead atoms. The zero-order chi connectivity index (χ0) is 11.6. The Morgan fingerprint density at radius 3 is 2.67 bits per heavy atom. The van der Waals surface area contributed by atoms with Gasteiger partial charge in [-0.05, 0) is 22.6 Å². The van der Waals surface area contributed by atoms with Gasteiger partial charge in [-0.3, -0.25) is 0 Å². The minimum atomic E-state index is -2.95. The van der Waals surface area contributed by atoms with Crippen LogP contribution in [0, 0.1) is 9.65 Å². The summed E-state index contributed by atoms with van der Waals surface area (Å²) in [6, 6.07) is 0.527. The molecule has 7 heteroatoms. The molecule has 0 radical (unpaired) electrons. The maximum Gasteiger partial charge on any atom is 0.341 e. The van der Waals surface area contributed by atoms with Crippen molar-refractivity contribution in [3.8, 4) is 0 Å². The number of nitrogens with zero attached hydrogens (tertiary/aromatic N) is 1. The second kappa shape index (κ2) is 4.77.